The molecule has 2 aliphatic rings. The average Bonchev–Trinajstić information content (AvgIpc) is 3.34. The van der Waals surface area contributed by atoms with Crippen molar-refractivity contribution >= 4 is 29.0 Å². The number of pyridine rings is 1. The summed E-state index contributed by atoms with van der Waals surface area (Å²) < 4.78 is 10.9. The third kappa shape index (κ3) is 3.01. The van der Waals surface area contributed by atoms with Gasteiger partial charge in [-0.3, -0.25) is 4.79 Å². The first-order valence-electron chi connectivity index (χ1n) is 8.87. The molecule has 5 rings (SSSR count). The molecule has 28 heavy (non-hydrogen) atoms. The topological polar surface area (TPSA) is 63.7 Å². The lowest BCUT2D eigenvalue weighted by Crippen LogP contribution is -2.26. The Morgan fingerprint density at radius 3 is 2.61 bits per heavy atom. The number of amides is 1. The standard InChI is InChI=1S/C21H16ClN3O3/c22-15-8-17(21(26)25-10-13-4-1-2-5-14(13)11-25)24-19(9-15)23-16-6-3-7-18-20(16)28-12-27-18/h1-9H,10-12H2,(H,23,24). The van der Waals surface area contributed by atoms with Crippen LogP contribution in [0.3, 0.4) is 0 Å². The first kappa shape index (κ1) is 16.9. The Morgan fingerprint density at radius 1 is 1.04 bits per heavy atom. The molecule has 1 N–H and O–H groups in total. The summed E-state index contributed by atoms with van der Waals surface area (Å²) in [5, 5.41) is 3.61. The predicted octanol–water partition coefficient (Wildman–Crippen LogP) is 4.36. The minimum atomic E-state index is -0.153. The van der Waals surface area contributed by atoms with Crippen LogP contribution in [0.4, 0.5) is 11.5 Å². The van der Waals surface area contributed by atoms with Crippen molar-refractivity contribution in [2.45, 2.75) is 13.1 Å². The maximum Gasteiger partial charge on any atom is 0.273 e. The van der Waals surface area contributed by atoms with Gasteiger partial charge in [-0.1, -0.05) is 41.9 Å². The maximum atomic E-state index is 13.0. The number of aromatic nitrogens is 1. The second kappa shape index (κ2) is 6.73. The molecular weight excluding hydrogens is 378 g/mol. The Kier molecular flexibility index (Phi) is 4.06. The van der Waals surface area contributed by atoms with E-state index in [1.54, 1.807) is 17.0 Å². The van der Waals surface area contributed by atoms with Crippen LogP contribution in [0.2, 0.25) is 5.02 Å². The number of hydrogen-bond donors (Lipinski definition) is 1. The van der Waals surface area contributed by atoms with Crippen molar-refractivity contribution < 1.29 is 14.3 Å². The summed E-state index contributed by atoms with van der Waals surface area (Å²) >= 11 is 6.27. The van der Waals surface area contributed by atoms with Gasteiger partial charge in [0.1, 0.15) is 11.5 Å². The van der Waals surface area contributed by atoms with E-state index in [1.165, 1.54) is 0 Å². The first-order chi connectivity index (χ1) is 13.7. The van der Waals surface area contributed by atoms with E-state index < -0.39 is 0 Å². The van der Waals surface area contributed by atoms with Crippen molar-refractivity contribution in [2.75, 3.05) is 12.1 Å². The van der Waals surface area contributed by atoms with Crippen molar-refractivity contribution in [2.24, 2.45) is 0 Å². The van der Waals surface area contributed by atoms with Crippen LogP contribution in [0, 0.1) is 0 Å². The van der Waals surface area contributed by atoms with Crippen LogP contribution in [0.25, 0.3) is 0 Å². The van der Waals surface area contributed by atoms with Gasteiger partial charge in [-0.15, -0.1) is 0 Å². The highest BCUT2D eigenvalue weighted by Gasteiger charge is 2.25. The molecule has 0 radical (unpaired) electrons. The van der Waals surface area contributed by atoms with Gasteiger partial charge in [0.25, 0.3) is 5.91 Å². The lowest BCUT2D eigenvalue weighted by atomic mass is 10.1. The van der Waals surface area contributed by atoms with Gasteiger partial charge in [-0.2, -0.15) is 0 Å². The predicted molar refractivity (Wildman–Crippen MR) is 105 cm³/mol. The largest absolute Gasteiger partial charge is 0.454 e. The maximum absolute atomic E-state index is 13.0. The second-order valence-corrected chi connectivity index (χ2v) is 7.09. The molecular formula is C21H16ClN3O3. The van der Waals surface area contributed by atoms with E-state index >= 15 is 0 Å². The highest BCUT2D eigenvalue weighted by Crippen LogP contribution is 2.40. The number of carbonyl (C=O) groups is 1. The number of benzene rings is 2. The number of anilines is 2. The third-order valence-electron chi connectivity index (χ3n) is 4.80. The molecule has 1 aromatic heterocycles. The van der Waals surface area contributed by atoms with Crippen LogP contribution in [-0.2, 0) is 13.1 Å². The Hall–Kier alpha value is -3.25. The molecule has 0 fully saturated rings. The van der Waals surface area contributed by atoms with Gasteiger partial charge < -0.3 is 19.7 Å². The first-order valence-corrected chi connectivity index (χ1v) is 9.24. The van der Waals surface area contributed by atoms with Crippen LogP contribution < -0.4 is 14.8 Å². The fourth-order valence-corrected chi connectivity index (χ4v) is 3.68. The van der Waals surface area contributed by atoms with Gasteiger partial charge in [0.2, 0.25) is 6.79 Å². The van der Waals surface area contributed by atoms with Gasteiger partial charge in [-0.25, -0.2) is 4.98 Å². The van der Waals surface area contributed by atoms with Crippen molar-refractivity contribution in [1.82, 2.24) is 9.88 Å². The number of para-hydroxylation sites is 1. The van der Waals surface area contributed by atoms with E-state index in [-0.39, 0.29) is 12.7 Å². The molecule has 0 bridgehead atoms. The van der Waals surface area contributed by atoms with Gasteiger partial charge in [-0.05, 0) is 35.4 Å². The highest BCUT2D eigenvalue weighted by atomic mass is 35.5. The van der Waals surface area contributed by atoms with Crippen molar-refractivity contribution in [1.29, 1.82) is 0 Å². The zero-order chi connectivity index (χ0) is 19.1. The minimum absolute atomic E-state index is 0.153. The summed E-state index contributed by atoms with van der Waals surface area (Å²) in [6.07, 6.45) is 0. The van der Waals surface area contributed by atoms with Crippen LogP contribution in [0.15, 0.2) is 54.6 Å². The fraction of sp³-hybridized carbons (Fsp3) is 0.143. The molecule has 0 spiro atoms. The Balaban J connectivity index is 1.41. The molecule has 0 aliphatic carbocycles. The van der Waals surface area contributed by atoms with Crippen molar-refractivity contribution in [3.05, 3.63) is 76.4 Å². The Bertz CT molecular complexity index is 1060. The zero-order valence-corrected chi connectivity index (χ0v) is 15.6. The SMILES string of the molecule is O=C(c1cc(Cl)cc(Nc2cccc3c2OCO3)n1)N1Cc2ccccc2C1. The molecule has 3 heterocycles. The van der Waals surface area contributed by atoms with Crippen LogP contribution in [-0.4, -0.2) is 22.6 Å². The third-order valence-corrected chi connectivity index (χ3v) is 5.01. The summed E-state index contributed by atoms with van der Waals surface area (Å²) in [6, 6.07) is 16.9. The van der Waals surface area contributed by atoms with Crippen molar-refractivity contribution in [3.63, 3.8) is 0 Å². The number of ether oxygens (including phenoxy) is 2. The normalized spacial score (nSPS) is 14.1. The van der Waals surface area contributed by atoms with Crippen LogP contribution in [0.1, 0.15) is 21.6 Å². The summed E-state index contributed by atoms with van der Waals surface area (Å²) in [4.78, 5) is 19.2. The molecule has 6 nitrogen and oxygen atoms in total. The van der Waals surface area contributed by atoms with Crippen LogP contribution in [0.5, 0.6) is 11.5 Å². The highest BCUT2D eigenvalue weighted by molar-refractivity contribution is 6.31. The molecule has 140 valence electrons. The molecule has 3 aromatic rings. The smallest absolute Gasteiger partial charge is 0.273 e. The molecule has 7 heteroatoms. The minimum Gasteiger partial charge on any atom is -0.454 e. The summed E-state index contributed by atoms with van der Waals surface area (Å²) in [5.74, 6) is 1.60. The van der Waals surface area contributed by atoms with E-state index in [0.29, 0.717) is 46.8 Å². The van der Waals surface area contributed by atoms with E-state index in [2.05, 4.69) is 10.3 Å². The van der Waals surface area contributed by atoms with Crippen molar-refractivity contribution in [3.8, 4) is 11.5 Å². The van der Waals surface area contributed by atoms with Gasteiger partial charge in [0, 0.05) is 18.1 Å². The molecule has 0 saturated heterocycles. The number of hydrogen-bond acceptors (Lipinski definition) is 5. The number of rotatable bonds is 3. The van der Waals surface area contributed by atoms with E-state index in [4.69, 9.17) is 21.1 Å². The average molecular weight is 394 g/mol. The second-order valence-electron chi connectivity index (χ2n) is 6.65. The molecule has 1 amide bonds. The fourth-order valence-electron chi connectivity index (χ4n) is 3.48. The van der Waals surface area contributed by atoms with Gasteiger partial charge in [0.05, 0.1) is 5.69 Å². The molecule has 2 aliphatic heterocycles. The van der Waals surface area contributed by atoms with Gasteiger partial charge in [0.15, 0.2) is 11.5 Å². The summed E-state index contributed by atoms with van der Waals surface area (Å²) in [7, 11) is 0. The van der Waals surface area contributed by atoms with Crippen LogP contribution >= 0.6 is 11.6 Å². The Labute approximate surface area is 166 Å². The Morgan fingerprint density at radius 2 is 1.82 bits per heavy atom. The lowest BCUT2D eigenvalue weighted by Gasteiger charge is -2.16. The molecule has 2 aromatic carbocycles. The van der Waals surface area contributed by atoms with E-state index in [1.807, 2.05) is 42.5 Å². The number of carbonyl (C=O) groups excluding carboxylic acids is 1. The summed E-state index contributed by atoms with van der Waals surface area (Å²) in [6.45, 7) is 1.32. The monoisotopic (exact) mass is 393 g/mol. The molecule has 0 saturated carbocycles. The zero-order valence-electron chi connectivity index (χ0n) is 14.8. The number of nitrogens with one attached hydrogen (secondary N) is 1. The molecule has 0 unspecified atom stereocenters. The van der Waals surface area contributed by atoms with Gasteiger partial charge >= 0.3 is 0 Å². The van der Waals surface area contributed by atoms with E-state index in [9.17, 15) is 4.79 Å². The van der Waals surface area contributed by atoms with E-state index in [0.717, 1.165) is 11.1 Å². The number of nitrogens with zero attached hydrogens (tertiary/aromatic N) is 2. The number of halogens is 1. The summed E-state index contributed by atoms with van der Waals surface area (Å²) in [5.41, 5.74) is 3.32. The quantitative estimate of drug-likeness (QED) is 0.716. The molecule has 0 atom stereocenters. The number of fused-ring (bicyclic) bond motifs is 2. The lowest BCUT2D eigenvalue weighted by molar-refractivity contribution is 0.0745.